The van der Waals surface area contributed by atoms with Gasteiger partial charge in [0.05, 0.1) is 11.3 Å². The van der Waals surface area contributed by atoms with Gasteiger partial charge >= 0.3 is 5.97 Å². The predicted molar refractivity (Wildman–Crippen MR) is 55.3 cm³/mol. The van der Waals surface area contributed by atoms with E-state index >= 15 is 0 Å². The van der Waals surface area contributed by atoms with Gasteiger partial charge in [-0.1, -0.05) is 0 Å². The third-order valence-corrected chi connectivity index (χ3v) is 2.13. The lowest BCUT2D eigenvalue weighted by Gasteiger charge is -2.14. The minimum atomic E-state index is -1.13. The Hall–Kier alpha value is -2.37. The Balaban J connectivity index is 2.50. The zero-order chi connectivity index (χ0) is 11.7. The molecule has 0 aromatic heterocycles. The van der Waals surface area contributed by atoms with Gasteiger partial charge in [-0.15, -0.1) is 0 Å². The van der Waals surface area contributed by atoms with Gasteiger partial charge in [-0.2, -0.15) is 0 Å². The smallest absolute Gasteiger partial charge is 0.337 e. The highest BCUT2D eigenvalue weighted by atomic mass is 16.4. The number of fused-ring (bicyclic) bond motifs is 2. The average molecular weight is 220 g/mol. The summed E-state index contributed by atoms with van der Waals surface area (Å²) >= 11 is 0. The fraction of sp³-hybridized carbons (Fsp3) is 0.100. The molecule has 0 unspecified atom stereocenters. The summed E-state index contributed by atoms with van der Waals surface area (Å²) in [7, 11) is 0. The van der Waals surface area contributed by atoms with E-state index in [1.807, 2.05) is 0 Å². The summed E-state index contributed by atoms with van der Waals surface area (Å²) in [6.07, 6.45) is -0.318. The lowest BCUT2D eigenvalue weighted by molar-refractivity contribution is -0.123. The number of carbonyl (C=O) groups is 3. The van der Waals surface area contributed by atoms with Crippen molar-refractivity contribution in [3.8, 4) is 0 Å². The van der Waals surface area contributed by atoms with Crippen LogP contribution in [0.3, 0.4) is 0 Å². The molecule has 2 bridgehead atoms. The van der Waals surface area contributed by atoms with Crippen LogP contribution in [-0.4, -0.2) is 22.9 Å². The SMILES string of the molecule is O=C1CC(=O)Nc2cc(ccc2C(=O)O)N1. The molecule has 16 heavy (non-hydrogen) atoms. The number of carboxylic acid groups (broad SMARTS) is 1. The van der Waals surface area contributed by atoms with Crippen molar-refractivity contribution in [2.45, 2.75) is 6.42 Å². The summed E-state index contributed by atoms with van der Waals surface area (Å²) in [5, 5.41) is 13.7. The van der Waals surface area contributed by atoms with Crippen LogP contribution in [0.25, 0.3) is 0 Å². The lowest BCUT2D eigenvalue weighted by atomic mass is 10.1. The van der Waals surface area contributed by atoms with E-state index in [4.69, 9.17) is 5.11 Å². The Labute approximate surface area is 90.3 Å². The second-order valence-corrected chi connectivity index (χ2v) is 3.34. The van der Waals surface area contributed by atoms with E-state index < -0.39 is 17.8 Å². The Kier molecular flexibility index (Phi) is 2.32. The fourth-order valence-corrected chi connectivity index (χ4v) is 1.46. The highest BCUT2D eigenvalue weighted by molar-refractivity contribution is 6.12. The maximum absolute atomic E-state index is 11.3. The summed E-state index contributed by atoms with van der Waals surface area (Å²) in [5.41, 5.74) is 0.647. The minimum Gasteiger partial charge on any atom is -0.478 e. The summed E-state index contributed by atoms with van der Waals surface area (Å²) in [5.74, 6) is -2.09. The summed E-state index contributed by atoms with van der Waals surface area (Å²) in [6.45, 7) is 0. The number of benzene rings is 1. The molecule has 6 nitrogen and oxygen atoms in total. The van der Waals surface area contributed by atoms with Crippen molar-refractivity contribution < 1.29 is 19.5 Å². The van der Waals surface area contributed by atoms with Gasteiger partial charge in [0.2, 0.25) is 11.8 Å². The van der Waals surface area contributed by atoms with E-state index in [9.17, 15) is 14.4 Å². The number of carbonyl (C=O) groups excluding carboxylic acids is 2. The zero-order valence-electron chi connectivity index (χ0n) is 8.11. The molecular formula is C10H8N2O4. The largest absolute Gasteiger partial charge is 0.478 e. The second kappa shape index (κ2) is 3.65. The van der Waals surface area contributed by atoms with Crippen LogP contribution in [0.5, 0.6) is 0 Å². The van der Waals surface area contributed by atoms with E-state index in [0.717, 1.165) is 0 Å². The number of anilines is 2. The molecule has 1 aromatic rings. The maximum Gasteiger partial charge on any atom is 0.337 e. The van der Waals surface area contributed by atoms with Crippen molar-refractivity contribution in [2.24, 2.45) is 0 Å². The van der Waals surface area contributed by atoms with Crippen LogP contribution in [0, 0.1) is 0 Å². The van der Waals surface area contributed by atoms with Crippen LogP contribution in [0.2, 0.25) is 0 Å². The normalized spacial score (nSPS) is 14.5. The van der Waals surface area contributed by atoms with Crippen molar-refractivity contribution in [2.75, 3.05) is 10.6 Å². The minimum absolute atomic E-state index is 0.00625. The van der Waals surface area contributed by atoms with Crippen LogP contribution in [-0.2, 0) is 9.59 Å². The zero-order valence-corrected chi connectivity index (χ0v) is 8.11. The molecule has 0 fully saturated rings. The fourth-order valence-electron chi connectivity index (χ4n) is 1.46. The molecule has 1 aliphatic heterocycles. The van der Waals surface area contributed by atoms with Crippen molar-refractivity contribution in [1.29, 1.82) is 0 Å². The number of hydrogen-bond donors (Lipinski definition) is 3. The summed E-state index contributed by atoms with van der Waals surface area (Å²) in [4.78, 5) is 33.3. The van der Waals surface area contributed by atoms with Crippen LogP contribution in [0.4, 0.5) is 11.4 Å². The third-order valence-electron chi connectivity index (χ3n) is 2.13. The number of nitrogens with one attached hydrogen (secondary N) is 2. The van der Waals surface area contributed by atoms with E-state index in [0.29, 0.717) is 5.69 Å². The van der Waals surface area contributed by atoms with E-state index in [1.165, 1.54) is 18.2 Å². The van der Waals surface area contributed by atoms with E-state index in [1.54, 1.807) is 0 Å². The number of aromatic carboxylic acids is 1. The molecule has 0 atom stereocenters. The first-order valence-corrected chi connectivity index (χ1v) is 4.53. The number of carboxylic acids is 1. The second-order valence-electron chi connectivity index (χ2n) is 3.34. The van der Waals surface area contributed by atoms with Crippen LogP contribution >= 0.6 is 0 Å². The molecule has 0 saturated carbocycles. The molecule has 2 amide bonds. The molecule has 1 heterocycles. The first-order chi connectivity index (χ1) is 7.56. The molecule has 2 rings (SSSR count). The Bertz CT molecular complexity index is 496. The molecular weight excluding hydrogens is 212 g/mol. The molecule has 0 spiro atoms. The molecule has 3 N–H and O–H groups in total. The molecule has 1 aromatic carbocycles. The van der Waals surface area contributed by atoms with Gasteiger partial charge in [-0.25, -0.2) is 4.79 Å². The lowest BCUT2D eigenvalue weighted by Crippen LogP contribution is -2.24. The first-order valence-electron chi connectivity index (χ1n) is 4.53. The molecule has 0 aliphatic carbocycles. The van der Waals surface area contributed by atoms with Gasteiger partial charge in [0.1, 0.15) is 6.42 Å². The third kappa shape index (κ3) is 1.85. The van der Waals surface area contributed by atoms with Gasteiger partial charge in [-0.3, -0.25) is 9.59 Å². The molecule has 0 radical (unpaired) electrons. The molecule has 82 valence electrons. The Morgan fingerprint density at radius 3 is 2.56 bits per heavy atom. The van der Waals surface area contributed by atoms with E-state index in [-0.39, 0.29) is 17.7 Å². The average Bonchev–Trinajstić information content (AvgIpc) is 2.15. The van der Waals surface area contributed by atoms with Crippen LogP contribution in [0.1, 0.15) is 16.8 Å². The van der Waals surface area contributed by atoms with Crippen molar-refractivity contribution >= 4 is 29.2 Å². The van der Waals surface area contributed by atoms with Gasteiger partial charge in [0.25, 0.3) is 0 Å². The monoisotopic (exact) mass is 220 g/mol. The summed E-state index contributed by atoms with van der Waals surface area (Å²) < 4.78 is 0. The standard InChI is InChI=1S/C10H8N2O4/c13-8-4-9(14)12-7-3-5(11-8)1-2-6(7)10(15)16/h1-3H,4H2,(H,11,13)(H,12,14)(H,15,16). The quantitative estimate of drug-likeness (QED) is 0.606. The van der Waals surface area contributed by atoms with Crippen LogP contribution < -0.4 is 10.6 Å². The Morgan fingerprint density at radius 1 is 1.19 bits per heavy atom. The highest BCUT2D eigenvalue weighted by Crippen LogP contribution is 2.23. The first kappa shape index (κ1) is 10.2. The number of rotatable bonds is 1. The summed E-state index contributed by atoms with van der Waals surface area (Å²) in [6, 6.07) is 4.22. The molecule has 1 aliphatic rings. The molecule has 0 saturated heterocycles. The highest BCUT2D eigenvalue weighted by Gasteiger charge is 2.18. The van der Waals surface area contributed by atoms with Crippen molar-refractivity contribution in [1.82, 2.24) is 0 Å². The number of amides is 2. The van der Waals surface area contributed by atoms with Gasteiger partial charge in [0, 0.05) is 5.69 Å². The van der Waals surface area contributed by atoms with Gasteiger partial charge in [0.15, 0.2) is 0 Å². The van der Waals surface area contributed by atoms with Crippen LogP contribution in [0.15, 0.2) is 18.2 Å². The predicted octanol–water partition coefficient (Wildman–Crippen LogP) is 0.665. The Morgan fingerprint density at radius 2 is 1.88 bits per heavy atom. The maximum atomic E-state index is 11.3. The topological polar surface area (TPSA) is 95.5 Å². The molecule has 6 heteroatoms. The van der Waals surface area contributed by atoms with Gasteiger partial charge in [-0.05, 0) is 18.2 Å². The van der Waals surface area contributed by atoms with Crippen molar-refractivity contribution in [3.05, 3.63) is 23.8 Å². The number of hydrogen-bond acceptors (Lipinski definition) is 3. The van der Waals surface area contributed by atoms with E-state index in [2.05, 4.69) is 10.6 Å². The van der Waals surface area contributed by atoms with Gasteiger partial charge < -0.3 is 15.7 Å². The van der Waals surface area contributed by atoms with Crippen molar-refractivity contribution in [3.63, 3.8) is 0 Å².